The number of imidazole rings is 1. The Hall–Kier alpha value is -3.09. The van der Waals surface area contributed by atoms with Crippen molar-refractivity contribution >= 4 is 17.5 Å². The minimum atomic E-state index is -0.649. The van der Waals surface area contributed by atoms with Gasteiger partial charge in [-0.05, 0) is 31.2 Å². The molecule has 1 atom stereocenters. The first-order valence-electron chi connectivity index (χ1n) is 7.68. The first-order chi connectivity index (χ1) is 11.6. The molecule has 3 heterocycles. The fourth-order valence-corrected chi connectivity index (χ4v) is 2.32. The molecule has 0 aromatic carbocycles. The van der Waals surface area contributed by atoms with Crippen LogP contribution in [0.2, 0.25) is 0 Å². The quantitative estimate of drug-likeness (QED) is 0.717. The van der Waals surface area contributed by atoms with Crippen molar-refractivity contribution in [1.82, 2.24) is 20.0 Å². The van der Waals surface area contributed by atoms with E-state index in [4.69, 9.17) is 4.42 Å². The summed E-state index contributed by atoms with van der Waals surface area (Å²) in [6.07, 6.45) is 5.89. The first kappa shape index (κ1) is 15.8. The van der Waals surface area contributed by atoms with E-state index in [0.29, 0.717) is 13.0 Å². The van der Waals surface area contributed by atoms with Gasteiger partial charge in [-0.25, -0.2) is 4.98 Å². The normalized spacial score (nSPS) is 12.0. The van der Waals surface area contributed by atoms with E-state index < -0.39 is 11.9 Å². The van der Waals surface area contributed by atoms with Crippen molar-refractivity contribution in [2.75, 3.05) is 6.54 Å². The third-order valence-electron chi connectivity index (χ3n) is 3.58. The molecule has 0 spiro atoms. The van der Waals surface area contributed by atoms with Gasteiger partial charge in [0.2, 0.25) is 5.91 Å². The van der Waals surface area contributed by atoms with Crippen LogP contribution in [0.5, 0.6) is 0 Å². The number of fused-ring (bicyclic) bond motifs is 1. The van der Waals surface area contributed by atoms with Crippen LogP contribution in [0.3, 0.4) is 0 Å². The zero-order valence-corrected chi connectivity index (χ0v) is 13.2. The van der Waals surface area contributed by atoms with E-state index in [0.717, 1.165) is 11.3 Å². The third-order valence-corrected chi connectivity index (χ3v) is 3.58. The molecule has 1 unspecified atom stereocenters. The van der Waals surface area contributed by atoms with Crippen molar-refractivity contribution in [2.45, 2.75) is 19.4 Å². The minimum Gasteiger partial charge on any atom is -0.459 e. The van der Waals surface area contributed by atoms with Crippen LogP contribution in [0.25, 0.3) is 5.65 Å². The molecule has 0 aliphatic heterocycles. The zero-order chi connectivity index (χ0) is 16.9. The summed E-state index contributed by atoms with van der Waals surface area (Å²) >= 11 is 0. The number of nitrogens with zero attached hydrogens (tertiary/aromatic N) is 2. The molecular weight excluding hydrogens is 308 g/mol. The van der Waals surface area contributed by atoms with Gasteiger partial charge in [-0.2, -0.15) is 0 Å². The van der Waals surface area contributed by atoms with Crippen molar-refractivity contribution in [3.63, 3.8) is 0 Å². The van der Waals surface area contributed by atoms with E-state index in [9.17, 15) is 9.59 Å². The smallest absolute Gasteiger partial charge is 0.287 e. The maximum Gasteiger partial charge on any atom is 0.287 e. The molecule has 0 aliphatic rings. The van der Waals surface area contributed by atoms with Gasteiger partial charge in [0.05, 0.1) is 12.0 Å². The van der Waals surface area contributed by atoms with Gasteiger partial charge in [-0.3, -0.25) is 9.59 Å². The molecule has 124 valence electrons. The van der Waals surface area contributed by atoms with Crippen molar-refractivity contribution in [3.05, 3.63) is 60.4 Å². The average molecular weight is 326 g/mol. The molecule has 0 fully saturated rings. The topological polar surface area (TPSA) is 88.6 Å². The number of hydrogen-bond acceptors (Lipinski definition) is 4. The summed E-state index contributed by atoms with van der Waals surface area (Å²) in [5, 5.41) is 5.38. The van der Waals surface area contributed by atoms with Crippen molar-refractivity contribution in [3.8, 4) is 0 Å². The van der Waals surface area contributed by atoms with Crippen LogP contribution in [0.4, 0.5) is 0 Å². The summed E-state index contributed by atoms with van der Waals surface area (Å²) in [6.45, 7) is 2.07. The molecule has 0 bridgehead atoms. The predicted octanol–water partition coefficient (Wildman–Crippen LogP) is 1.40. The largest absolute Gasteiger partial charge is 0.459 e. The highest BCUT2D eigenvalue weighted by Crippen LogP contribution is 2.04. The number of furan rings is 1. The number of nitrogens with one attached hydrogen (secondary N) is 2. The van der Waals surface area contributed by atoms with Crippen LogP contribution >= 0.6 is 0 Å². The Kier molecular flexibility index (Phi) is 4.60. The van der Waals surface area contributed by atoms with E-state index >= 15 is 0 Å². The first-order valence-corrected chi connectivity index (χ1v) is 7.68. The monoisotopic (exact) mass is 326 g/mol. The van der Waals surface area contributed by atoms with Crippen molar-refractivity contribution in [2.24, 2.45) is 0 Å². The molecule has 0 saturated carbocycles. The maximum absolute atomic E-state index is 12.0. The van der Waals surface area contributed by atoms with E-state index in [1.54, 1.807) is 19.1 Å². The molecule has 2 N–H and O–H groups in total. The van der Waals surface area contributed by atoms with Gasteiger partial charge in [-0.1, -0.05) is 6.07 Å². The summed E-state index contributed by atoms with van der Waals surface area (Å²) < 4.78 is 6.92. The number of rotatable bonds is 6. The van der Waals surface area contributed by atoms with Gasteiger partial charge in [0, 0.05) is 25.4 Å². The van der Waals surface area contributed by atoms with Crippen LogP contribution in [-0.4, -0.2) is 33.8 Å². The van der Waals surface area contributed by atoms with Gasteiger partial charge >= 0.3 is 0 Å². The van der Waals surface area contributed by atoms with E-state index in [1.807, 2.05) is 35.0 Å². The van der Waals surface area contributed by atoms with Crippen LogP contribution in [0, 0.1) is 0 Å². The van der Waals surface area contributed by atoms with Gasteiger partial charge in [0.15, 0.2) is 5.76 Å². The molecule has 24 heavy (non-hydrogen) atoms. The minimum absolute atomic E-state index is 0.180. The lowest BCUT2D eigenvalue weighted by Gasteiger charge is -2.12. The van der Waals surface area contributed by atoms with E-state index in [-0.39, 0.29) is 11.7 Å². The summed E-state index contributed by atoms with van der Waals surface area (Å²) in [5.41, 5.74) is 1.77. The molecule has 3 aromatic heterocycles. The molecular formula is C17H18N4O3. The predicted molar refractivity (Wildman–Crippen MR) is 87.5 cm³/mol. The van der Waals surface area contributed by atoms with Crippen LogP contribution in [0.15, 0.2) is 53.4 Å². The van der Waals surface area contributed by atoms with Crippen molar-refractivity contribution in [1.29, 1.82) is 0 Å². The lowest BCUT2D eigenvalue weighted by atomic mass is 10.2. The highest BCUT2D eigenvalue weighted by molar-refractivity contribution is 5.95. The van der Waals surface area contributed by atoms with E-state index in [2.05, 4.69) is 15.6 Å². The highest BCUT2D eigenvalue weighted by Gasteiger charge is 2.17. The maximum atomic E-state index is 12.0. The Morgan fingerprint density at radius 3 is 2.92 bits per heavy atom. The summed E-state index contributed by atoms with van der Waals surface area (Å²) in [5.74, 6) is -0.485. The Labute approximate surface area is 138 Å². The second kappa shape index (κ2) is 6.99. The number of amides is 2. The summed E-state index contributed by atoms with van der Waals surface area (Å²) in [4.78, 5) is 28.3. The fraction of sp³-hybridized carbons (Fsp3) is 0.235. The van der Waals surface area contributed by atoms with Gasteiger partial charge < -0.3 is 19.5 Å². The lowest BCUT2D eigenvalue weighted by Crippen LogP contribution is -2.45. The van der Waals surface area contributed by atoms with Gasteiger partial charge in [-0.15, -0.1) is 0 Å². The molecule has 7 nitrogen and oxygen atoms in total. The molecule has 0 saturated heterocycles. The Morgan fingerprint density at radius 2 is 2.17 bits per heavy atom. The molecule has 7 heteroatoms. The second-order valence-corrected chi connectivity index (χ2v) is 5.41. The van der Waals surface area contributed by atoms with Gasteiger partial charge in [0.25, 0.3) is 5.91 Å². The number of carbonyl (C=O) groups is 2. The molecule has 3 rings (SSSR count). The molecule has 0 radical (unpaired) electrons. The SMILES string of the molecule is CC(NC(=O)c1ccco1)C(=O)NCCc1cn2ccccc2n1. The number of aromatic nitrogens is 2. The standard InChI is InChI=1S/C17H18N4O3/c1-12(19-17(23)14-5-4-10-24-14)16(22)18-8-7-13-11-21-9-3-2-6-15(21)20-13/h2-6,9-12H,7-8H2,1H3,(H,18,22)(H,19,23). The Bertz CT molecular complexity index is 806. The number of hydrogen-bond donors (Lipinski definition) is 2. The van der Waals surface area contributed by atoms with E-state index in [1.165, 1.54) is 6.26 Å². The summed E-state index contributed by atoms with van der Waals surface area (Å²) in [6, 6.07) is 8.30. The van der Waals surface area contributed by atoms with Crippen LogP contribution < -0.4 is 10.6 Å². The molecule has 2 amide bonds. The van der Waals surface area contributed by atoms with Crippen molar-refractivity contribution < 1.29 is 14.0 Å². The molecule has 0 aliphatic carbocycles. The summed E-state index contributed by atoms with van der Waals surface area (Å²) in [7, 11) is 0. The van der Waals surface area contributed by atoms with Crippen LogP contribution in [-0.2, 0) is 11.2 Å². The second-order valence-electron chi connectivity index (χ2n) is 5.41. The fourth-order valence-electron chi connectivity index (χ4n) is 2.32. The average Bonchev–Trinajstić information content (AvgIpc) is 3.23. The van der Waals surface area contributed by atoms with Gasteiger partial charge in [0.1, 0.15) is 11.7 Å². The van der Waals surface area contributed by atoms with Crippen LogP contribution in [0.1, 0.15) is 23.2 Å². The highest BCUT2D eigenvalue weighted by atomic mass is 16.3. The molecule has 3 aromatic rings. The number of carbonyl (C=O) groups excluding carboxylic acids is 2. The lowest BCUT2D eigenvalue weighted by molar-refractivity contribution is -0.122. The Balaban J connectivity index is 1.47. The number of pyridine rings is 1. The third kappa shape index (κ3) is 3.62. The zero-order valence-electron chi connectivity index (χ0n) is 13.2. The Morgan fingerprint density at radius 1 is 1.29 bits per heavy atom.